The second-order valence-corrected chi connectivity index (χ2v) is 5.73. The molecule has 0 aliphatic carbocycles. The molecule has 1 saturated heterocycles. The minimum absolute atomic E-state index is 0.695. The highest BCUT2D eigenvalue weighted by Gasteiger charge is 2.25. The van der Waals surface area contributed by atoms with Crippen LogP contribution in [0.4, 0.5) is 0 Å². The van der Waals surface area contributed by atoms with Crippen LogP contribution < -0.4 is 5.32 Å². The molecular weight excluding hydrogens is 228 g/mol. The Morgan fingerprint density at radius 1 is 1.41 bits per heavy atom. The Labute approximate surface area is 109 Å². The number of thiophene rings is 1. The molecule has 2 rings (SSSR count). The summed E-state index contributed by atoms with van der Waals surface area (Å²) in [7, 11) is 0. The lowest BCUT2D eigenvalue weighted by molar-refractivity contribution is 0.126. The van der Waals surface area contributed by atoms with E-state index in [1.54, 1.807) is 11.3 Å². The molecule has 2 atom stereocenters. The van der Waals surface area contributed by atoms with Crippen LogP contribution in [0.25, 0.3) is 0 Å². The molecule has 1 aliphatic rings. The lowest BCUT2D eigenvalue weighted by Gasteiger charge is -2.40. The molecular formula is C14H24N2S. The zero-order chi connectivity index (χ0) is 12.1. The van der Waals surface area contributed by atoms with E-state index in [0.717, 1.165) is 6.04 Å². The summed E-state index contributed by atoms with van der Waals surface area (Å²) in [6.45, 7) is 8.18. The third-order valence-electron chi connectivity index (χ3n) is 3.85. The second kappa shape index (κ2) is 6.53. The largest absolute Gasteiger partial charge is 0.311 e. The number of hydrogen-bond acceptors (Lipinski definition) is 3. The van der Waals surface area contributed by atoms with Crippen molar-refractivity contribution in [2.75, 3.05) is 19.6 Å². The Balaban J connectivity index is 1.86. The summed E-state index contributed by atoms with van der Waals surface area (Å²) in [6, 6.07) is 3.68. The zero-order valence-electron chi connectivity index (χ0n) is 11.0. The molecule has 2 heterocycles. The van der Waals surface area contributed by atoms with Crippen LogP contribution in [0.15, 0.2) is 16.8 Å². The van der Waals surface area contributed by atoms with Crippen LogP contribution in [0.2, 0.25) is 0 Å². The standard InChI is InChI=1S/C14H24N2S/c1-3-13-10-16(14(4-2)9-15-13)7-5-12-6-8-17-11-12/h6,8,11,13-15H,3-5,7,9-10H2,1-2H3. The van der Waals surface area contributed by atoms with Crippen molar-refractivity contribution in [3.05, 3.63) is 22.4 Å². The predicted molar refractivity (Wildman–Crippen MR) is 75.8 cm³/mol. The van der Waals surface area contributed by atoms with Gasteiger partial charge in [0.1, 0.15) is 0 Å². The molecule has 2 nitrogen and oxygen atoms in total. The van der Waals surface area contributed by atoms with Crippen LogP contribution in [0, 0.1) is 0 Å². The number of rotatable bonds is 5. The van der Waals surface area contributed by atoms with Crippen LogP contribution in [0.3, 0.4) is 0 Å². The molecule has 17 heavy (non-hydrogen) atoms. The van der Waals surface area contributed by atoms with Crippen molar-refractivity contribution in [1.82, 2.24) is 10.2 Å². The Hall–Kier alpha value is -0.380. The van der Waals surface area contributed by atoms with Crippen LogP contribution in [0.5, 0.6) is 0 Å². The topological polar surface area (TPSA) is 15.3 Å². The Morgan fingerprint density at radius 2 is 2.29 bits per heavy atom. The van der Waals surface area contributed by atoms with Crippen molar-refractivity contribution in [3.63, 3.8) is 0 Å². The van der Waals surface area contributed by atoms with E-state index in [4.69, 9.17) is 0 Å². The molecule has 1 N–H and O–H groups in total. The van der Waals surface area contributed by atoms with Crippen LogP contribution in [-0.2, 0) is 6.42 Å². The van der Waals surface area contributed by atoms with Gasteiger partial charge in [-0.3, -0.25) is 4.90 Å². The first-order valence-corrected chi connectivity index (χ1v) is 7.76. The lowest BCUT2D eigenvalue weighted by atomic mass is 10.0. The lowest BCUT2D eigenvalue weighted by Crippen LogP contribution is -2.56. The SMILES string of the molecule is CCC1CN(CCc2ccsc2)C(CC)CN1. The quantitative estimate of drug-likeness (QED) is 0.867. The van der Waals surface area contributed by atoms with Gasteiger partial charge in [-0.2, -0.15) is 11.3 Å². The fraction of sp³-hybridized carbons (Fsp3) is 0.714. The highest BCUT2D eigenvalue weighted by atomic mass is 32.1. The zero-order valence-corrected chi connectivity index (χ0v) is 11.8. The first kappa shape index (κ1) is 13.1. The molecule has 1 fully saturated rings. The van der Waals surface area contributed by atoms with Gasteiger partial charge >= 0.3 is 0 Å². The van der Waals surface area contributed by atoms with Gasteiger partial charge in [0.2, 0.25) is 0 Å². The van der Waals surface area contributed by atoms with Gasteiger partial charge in [-0.1, -0.05) is 13.8 Å². The summed E-state index contributed by atoms with van der Waals surface area (Å²) in [5, 5.41) is 8.11. The van der Waals surface area contributed by atoms with Gasteiger partial charge in [-0.25, -0.2) is 0 Å². The monoisotopic (exact) mass is 252 g/mol. The molecule has 0 amide bonds. The maximum Gasteiger partial charge on any atom is 0.0218 e. The highest BCUT2D eigenvalue weighted by molar-refractivity contribution is 7.07. The van der Waals surface area contributed by atoms with E-state index in [2.05, 4.69) is 40.9 Å². The Kier molecular flexibility index (Phi) is 5.01. The van der Waals surface area contributed by atoms with Crippen molar-refractivity contribution in [2.24, 2.45) is 0 Å². The van der Waals surface area contributed by atoms with Crippen LogP contribution in [0.1, 0.15) is 32.3 Å². The van der Waals surface area contributed by atoms with Crippen LogP contribution in [-0.4, -0.2) is 36.6 Å². The number of piperazine rings is 1. The van der Waals surface area contributed by atoms with E-state index in [1.165, 1.54) is 44.5 Å². The van der Waals surface area contributed by atoms with E-state index < -0.39 is 0 Å². The molecule has 0 saturated carbocycles. The molecule has 1 aromatic rings. The van der Waals surface area contributed by atoms with Gasteiger partial charge in [0.05, 0.1) is 0 Å². The summed E-state index contributed by atoms with van der Waals surface area (Å²) in [5.74, 6) is 0. The third-order valence-corrected chi connectivity index (χ3v) is 4.58. The number of nitrogens with zero attached hydrogens (tertiary/aromatic N) is 1. The average molecular weight is 252 g/mol. The molecule has 0 bridgehead atoms. The van der Waals surface area contributed by atoms with E-state index in [9.17, 15) is 0 Å². The maximum absolute atomic E-state index is 3.65. The van der Waals surface area contributed by atoms with Crippen molar-refractivity contribution in [3.8, 4) is 0 Å². The molecule has 1 aliphatic heterocycles. The summed E-state index contributed by atoms with van der Waals surface area (Å²) in [4.78, 5) is 2.68. The highest BCUT2D eigenvalue weighted by Crippen LogP contribution is 2.14. The minimum atomic E-state index is 0.695. The molecule has 2 unspecified atom stereocenters. The average Bonchev–Trinajstić information content (AvgIpc) is 2.89. The van der Waals surface area contributed by atoms with Gasteiger partial charge in [0.15, 0.2) is 0 Å². The summed E-state index contributed by atoms with van der Waals surface area (Å²) in [6.07, 6.45) is 3.70. The van der Waals surface area contributed by atoms with Gasteiger partial charge in [0, 0.05) is 31.7 Å². The maximum atomic E-state index is 3.65. The molecule has 3 heteroatoms. The van der Waals surface area contributed by atoms with E-state index >= 15 is 0 Å². The van der Waals surface area contributed by atoms with Crippen LogP contribution >= 0.6 is 11.3 Å². The van der Waals surface area contributed by atoms with Gasteiger partial charge < -0.3 is 5.32 Å². The molecule has 0 aromatic carbocycles. The number of nitrogens with one attached hydrogen (secondary N) is 1. The number of hydrogen-bond donors (Lipinski definition) is 1. The molecule has 0 radical (unpaired) electrons. The minimum Gasteiger partial charge on any atom is -0.311 e. The fourth-order valence-electron chi connectivity index (χ4n) is 2.59. The van der Waals surface area contributed by atoms with Gasteiger partial charge in [-0.05, 0) is 41.7 Å². The normalized spacial score (nSPS) is 26.2. The summed E-state index contributed by atoms with van der Waals surface area (Å²) < 4.78 is 0. The first-order chi connectivity index (χ1) is 8.33. The smallest absolute Gasteiger partial charge is 0.0218 e. The van der Waals surface area contributed by atoms with Crippen molar-refractivity contribution in [2.45, 2.75) is 45.2 Å². The molecule has 0 spiro atoms. The van der Waals surface area contributed by atoms with E-state index in [-0.39, 0.29) is 0 Å². The van der Waals surface area contributed by atoms with E-state index in [0.29, 0.717) is 6.04 Å². The third kappa shape index (κ3) is 3.54. The molecule has 96 valence electrons. The summed E-state index contributed by atoms with van der Waals surface area (Å²) in [5.41, 5.74) is 1.50. The predicted octanol–water partition coefficient (Wildman–Crippen LogP) is 2.75. The second-order valence-electron chi connectivity index (χ2n) is 4.95. The van der Waals surface area contributed by atoms with Crippen molar-refractivity contribution >= 4 is 11.3 Å². The van der Waals surface area contributed by atoms with Gasteiger partial charge in [-0.15, -0.1) is 0 Å². The Bertz CT molecular complexity index is 310. The summed E-state index contributed by atoms with van der Waals surface area (Å²) >= 11 is 1.81. The first-order valence-electron chi connectivity index (χ1n) is 6.82. The van der Waals surface area contributed by atoms with Gasteiger partial charge in [0.25, 0.3) is 0 Å². The fourth-order valence-corrected chi connectivity index (χ4v) is 3.29. The van der Waals surface area contributed by atoms with Crippen molar-refractivity contribution < 1.29 is 0 Å². The van der Waals surface area contributed by atoms with Crippen molar-refractivity contribution in [1.29, 1.82) is 0 Å². The molecule has 1 aromatic heterocycles. The van der Waals surface area contributed by atoms with E-state index in [1.807, 2.05) is 0 Å². The Morgan fingerprint density at radius 3 is 2.94 bits per heavy atom.